The van der Waals surface area contributed by atoms with E-state index in [9.17, 15) is 14.0 Å². The number of fused-ring (bicyclic) bond motifs is 1. The monoisotopic (exact) mass is 285 g/mol. The van der Waals surface area contributed by atoms with Gasteiger partial charge in [-0.05, 0) is 42.8 Å². The van der Waals surface area contributed by atoms with E-state index in [1.54, 1.807) is 25.1 Å². The molecule has 0 radical (unpaired) electrons. The minimum Gasteiger partial charge on any atom is -0.482 e. The molecule has 4 nitrogen and oxygen atoms in total. The minimum atomic E-state index is -0.557. The van der Waals surface area contributed by atoms with E-state index in [2.05, 4.69) is 5.32 Å². The van der Waals surface area contributed by atoms with Crippen molar-refractivity contribution in [1.82, 2.24) is 0 Å². The number of carbonyl (C=O) groups is 2. The van der Waals surface area contributed by atoms with Crippen LogP contribution in [0.5, 0.6) is 5.75 Å². The Kier molecular flexibility index (Phi) is 3.17. The van der Waals surface area contributed by atoms with Crippen molar-refractivity contribution in [3.63, 3.8) is 0 Å². The summed E-state index contributed by atoms with van der Waals surface area (Å²) in [6, 6.07) is 9.09. The third-order valence-corrected chi connectivity index (χ3v) is 3.24. The molecule has 0 spiro atoms. The van der Waals surface area contributed by atoms with E-state index in [-0.39, 0.29) is 18.1 Å². The third kappa shape index (κ3) is 2.50. The summed E-state index contributed by atoms with van der Waals surface area (Å²) in [4.78, 5) is 23.6. The van der Waals surface area contributed by atoms with Gasteiger partial charge in [0.15, 0.2) is 12.4 Å². The standard InChI is InChI=1S/C16H12FNO3/c1-9-2-4-11(12(17)6-9)16(20)10-3-5-14-13(7-10)18-15(19)8-21-14/h2-7H,8H2,1H3,(H,18,19). The molecule has 1 aliphatic heterocycles. The zero-order valence-electron chi connectivity index (χ0n) is 11.3. The van der Waals surface area contributed by atoms with Gasteiger partial charge in [-0.2, -0.15) is 0 Å². The fraction of sp³-hybridized carbons (Fsp3) is 0.125. The minimum absolute atomic E-state index is 0.00334. The first-order chi connectivity index (χ1) is 10.0. The molecule has 5 heteroatoms. The van der Waals surface area contributed by atoms with Crippen LogP contribution in [0.15, 0.2) is 36.4 Å². The maximum atomic E-state index is 13.9. The van der Waals surface area contributed by atoms with E-state index in [0.29, 0.717) is 17.0 Å². The first kappa shape index (κ1) is 13.3. The van der Waals surface area contributed by atoms with Gasteiger partial charge < -0.3 is 10.1 Å². The smallest absolute Gasteiger partial charge is 0.262 e. The molecular formula is C16H12FNO3. The number of nitrogens with one attached hydrogen (secondary N) is 1. The van der Waals surface area contributed by atoms with Crippen molar-refractivity contribution in [2.45, 2.75) is 6.92 Å². The molecule has 1 N–H and O–H groups in total. The van der Waals surface area contributed by atoms with Crippen LogP contribution < -0.4 is 10.1 Å². The number of rotatable bonds is 2. The lowest BCUT2D eigenvalue weighted by atomic mass is 10.0. The van der Waals surface area contributed by atoms with Crippen LogP contribution in [-0.2, 0) is 4.79 Å². The normalized spacial score (nSPS) is 13.1. The van der Waals surface area contributed by atoms with Gasteiger partial charge in [0.1, 0.15) is 11.6 Å². The van der Waals surface area contributed by atoms with Crippen molar-refractivity contribution in [2.24, 2.45) is 0 Å². The predicted molar refractivity (Wildman–Crippen MR) is 75.1 cm³/mol. The van der Waals surface area contributed by atoms with E-state index in [4.69, 9.17) is 4.74 Å². The topological polar surface area (TPSA) is 55.4 Å². The number of carbonyl (C=O) groups excluding carboxylic acids is 2. The average molecular weight is 285 g/mol. The molecule has 1 heterocycles. The molecule has 0 unspecified atom stereocenters. The predicted octanol–water partition coefficient (Wildman–Crippen LogP) is 2.70. The number of hydrogen-bond acceptors (Lipinski definition) is 3. The van der Waals surface area contributed by atoms with Gasteiger partial charge in [-0.15, -0.1) is 0 Å². The van der Waals surface area contributed by atoms with E-state index >= 15 is 0 Å². The molecule has 1 amide bonds. The van der Waals surface area contributed by atoms with Gasteiger partial charge in [0.25, 0.3) is 5.91 Å². The van der Waals surface area contributed by atoms with Crippen molar-refractivity contribution < 1.29 is 18.7 Å². The Bertz CT molecular complexity index is 755. The van der Waals surface area contributed by atoms with Gasteiger partial charge in [-0.25, -0.2) is 4.39 Å². The molecule has 0 atom stereocenters. The SMILES string of the molecule is Cc1ccc(C(=O)c2ccc3c(c2)NC(=O)CO3)c(F)c1. The number of anilines is 1. The average Bonchev–Trinajstić information content (AvgIpc) is 2.46. The zero-order chi connectivity index (χ0) is 15.0. The van der Waals surface area contributed by atoms with Crippen molar-refractivity contribution in [3.8, 4) is 5.75 Å². The zero-order valence-corrected chi connectivity index (χ0v) is 11.3. The lowest BCUT2D eigenvalue weighted by molar-refractivity contribution is -0.118. The Morgan fingerprint density at radius 2 is 2.05 bits per heavy atom. The van der Waals surface area contributed by atoms with Crippen LogP contribution in [-0.4, -0.2) is 18.3 Å². The van der Waals surface area contributed by atoms with Gasteiger partial charge in [0, 0.05) is 5.56 Å². The second-order valence-electron chi connectivity index (χ2n) is 4.86. The molecule has 0 aliphatic carbocycles. The number of ketones is 1. The highest BCUT2D eigenvalue weighted by molar-refractivity contribution is 6.10. The summed E-state index contributed by atoms with van der Waals surface area (Å²) in [6.07, 6.45) is 0. The van der Waals surface area contributed by atoms with Crippen LogP contribution in [0.3, 0.4) is 0 Å². The largest absolute Gasteiger partial charge is 0.482 e. The summed E-state index contributed by atoms with van der Waals surface area (Å²) >= 11 is 0. The summed E-state index contributed by atoms with van der Waals surface area (Å²) < 4.78 is 19.1. The van der Waals surface area contributed by atoms with Crippen LogP contribution in [0.25, 0.3) is 0 Å². The molecule has 0 saturated heterocycles. The van der Waals surface area contributed by atoms with Crippen molar-refractivity contribution in [2.75, 3.05) is 11.9 Å². The number of ether oxygens (including phenoxy) is 1. The summed E-state index contributed by atoms with van der Waals surface area (Å²) in [5, 5.41) is 2.62. The van der Waals surface area contributed by atoms with Gasteiger partial charge in [-0.3, -0.25) is 9.59 Å². The molecule has 21 heavy (non-hydrogen) atoms. The van der Waals surface area contributed by atoms with E-state index in [1.165, 1.54) is 18.2 Å². The van der Waals surface area contributed by atoms with Crippen LogP contribution in [0.2, 0.25) is 0 Å². The first-order valence-corrected chi connectivity index (χ1v) is 6.42. The fourth-order valence-corrected chi connectivity index (χ4v) is 2.18. The Morgan fingerprint density at radius 3 is 2.81 bits per heavy atom. The molecule has 0 saturated carbocycles. The van der Waals surface area contributed by atoms with Crippen molar-refractivity contribution >= 4 is 17.4 Å². The quantitative estimate of drug-likeness (QED) is 0.863. The second-order valence-corrected chi connectivity index (χ2v) is 4.86. The van der Waals surface area contributed by atoms with Crippen LogP contribution in [0.4, 0.5) is 10.1 Å². The maximum Gasteiger partial charge on any atom is 0.262 e. The number of hydrogen-bond donors (Lipinski definition) is 1. The van der Waals surface area contributed by atoms with Crippen molar-refractivity contribution in [3.05, 3.63) is 58.9 Å². The third-order valence-electron chi connectivity index (χ3n) is 3.24. The fourth-order valence-electron chi connectivity index (χ4n) is 2.18. The second kappa shape index (κ2) is 5.01. The summed E-state index contributed by atoms with van der Waals surface area (Å²) in [6.45, 7) is 1.70. The first-order valence-electron chi connectivity index (χ1n) is 6.42. The highest BCUT2D eigenvalue weighted by Crippen LogP contribution is 2.29. The summed E-state index contributed by atoms with van der Waals surface area (Å²) in [7, 11) is 0. The number of aryl methyl sites for hydroxylation is 1. The summed E-state index contributed by atoms with van der Waals surface area (Å²) in [5.74, 6) is -0.780. The van der Waals surface area contributed by atoms with Gasteiger partial charge in [0.05, 0.1) is 11.3 Å². The molecule has 0 bridgehead atoms. The van der Waals surface area contributed by atoms with Crippen LogP contribution in [0.1, 0.15) is 21.5 Å². The Labute approximate surface area is 120 Å². The lowest BCUT2D eigenvalue weighted by Crippen LogP contribution is -2.25. The number of benzene rings is 2. The molecule has 0 aromatic heterocycles. The Balaban J connectivity index is 1.98. The molecule has 1 aliphatic rings. The van der Waals surface area contributed by atoms with Crippen LogP contribution >= 0.6 is 0 Å². The lowest BCUT2D eigenvalue weighted by Gasteiger charge is -2.18. The Morgan fingerprint density at radius 1 is 1.24 bits per heavy atom. The van der Waals surface area contributed by atoms with Gasteiger partial charge in [-0.1, -0.05) is 6.07 Å². The maximum absolute atomic E-state index is 13.9. The molecule has 2 aromatic carbocycles. The van der Waals surface area contributed by atoms with Gasteiger partial charge in [0.2, 0.25) is 0 Å². The van der Waals surface area contributed by atoms with Crippen LogP contribution in [0, 0.1) is 12.7 Å². The molecule has 3 rings (SSSR count). The highest BCUT2D eigenvalue weighted by atomic mass is 19.1. The van der Waals surface area contributed by atoms with E-state index in [0.717, 1.165) is 5.56 Å². The van der Waals surface area contributed by atoms with Gasteiger partial charge >= 0.3 is 0 Å². The molecule has 0 fully saturated rings. The molecular weight excluding hydrogens is 273 g/mol. The molecule has 2 aromatic rings. The molecule has 106 valence electrons. The summed E-state index contributed by atoms with van der Waals surface area (Å²) in [5.41, 5.74) is 1.46. The van der Waals surface area contributed by atoms with E-state index in [1.807, 2.05) is 0 Å². The van der Waals surface area contributed by atoms with Crippen molar-refractivity contribution in [1.29, 1.82) is 0 Å². The number of halogens is 1. The van der Waals surface area contributed by atoms with E-state index < -0.39 is 11.6 Å². The highest BCUT2D eigenvalue weighted by Gasteiger charge is 2.19. The number of amides is 1. The Hall–Kier alpha value is -2.69.